The van der Waals surface area contributed by atoms with Crippen LogP contribution in [-0.4, -0.2) is 17.5 Å². The van der Waals surface area contributed by atoms with Crippen LogP contribution in [0, 0.1) is 6.92 Å². The predicted octanol–water partition coefficient (Wildman–Crippen LogP) is 4.68. The SMILES string of the molecule is CCC(NC(=O)COc1ccc(OCc2ccccc2)cc1)c1nc(C)cs1. The van der Waals surface area contributed by atoms with Crippen LogP contribution < -0.4 is 14.8 Å². The Hall–Kier alpha value is -2.86. The summed E-state index contributed by atoms with van der Waals surface area (Å²) in [6.07, 6.45) is 0.784. The number of benzene rings is 2. The van der Waals surface area contributed by atoms with Gasteiger partial charge in [-0.2, -0.15) is 0 Å². The fourth-order valence-corrected chi connectivity index (χ4v) is 3.56. The van der Waals surface area contributed by atoms with Crippen molar-refractivity contribution in [2.24, 2.45) is 0 Å². The lowest BCUT2D eigenvalue weighted by Gasteiger charge is -2.15. The van der Waals surface area contributed by atoms with Crippen molar-refractivity contribution in [2.75, 3.05) is 6.61 Å². The number of hydrogen-bond acceptors (Lipinski definition) is 5. The van der Waals surface area contributed by atoms with E-state index in [1.54, 1.807) is 23.5 Å². The standard InChI is InChI=1S/C22H24N2O3S/c1-3-20(22-23-16(2)15-28-22)24-21(25)14-27-19-11-9-18(10-12-19)26-13-17-7-5-4-6-8-17/h4-12,15,20H,3,13-14H2,1-2H3,(H,24,25). The number of thiazole rings is 1. The van der Waals surface area contributed by atoms with Crippen LogP contribution in [0.25, 0.3) is 0 Å². The van der Waals surface area contributed by atoms with E-state index >= 15 is 0 Å². The molecular formula is C22H24N2O3S. The highest BCUT2D eigenvalue weighted by Gasteiger charge is 2.16. The topological polar surface area (TPSA) is 60.5 Å². The molecule has 1 heterocycles. The molecule has 5 nitrogen and oxygen atoms in total. The summed E-state index contributed by atoms with van der Waals surface area (Å²) >= 11 is 1.56. The average molecular weight is 397 g/mol. The van der Waals surface area contributed by atoms with Crippen LogP contribution in [0.5, 0.6) is 11.5 Å². The van der Waals surface area contributed by atoms with Crippen LogP contribution in [0.15, 0.2) is 60.0 Å². The first-order valence-electron chi connectivity index (χ1n) is 9.25. The van der Waals surface area contributed by atoms with E-state index in [1.807, 2.05) is 61.7 Å². The second-order valence-electron chi connectivity index (χ2n) is 6.39. The molecule has 0 saturated carbocycles. The van der Waals surface area contributed by atoms with Gasteiger partial charge in [-0.1, -0.05) is 37.3 Å². The minimum atomic E-state index is -0.163. The van der Waals surface area contributed by atoms with Gasteiger partial charge in [0.15, 0.2) is 6.61 Å². The Bertz CT molecular complexity index is 878. The fraction of sp³-hybridized carbons (Fsp3) is 0.273. The van der Waals surface area contributed by atoms with Crippen molar-refractivity contribution in [3.05, 3.63) is 76.2 Å². The van der Waals surface area contributed by atoms with E-state index in [-0.39, 0.29) is 18.6 Å². The third-order valence-electron chi connectivity index (χ3n) is 4.12. The van der Waals surface area contributed by atoms with E-state index in [0.717, 1.165) is 28.4 Å². The van der Waals surface area contributed by atoms with Gasteiger partial charge in [0.2, 0.25) is 0 Å². The molecule has 0 radical (unpaired) electrons. The molecule has 0 aliphatic carbocycles. The average Bonchev–Trinajstić information content (AvgIpc) is 3.16. The zero-order valence-corrected chi connectivity index (χ0v) is 16.9. The molecule has 1 aromatic heterocycles. The normalized spacial score (nSPS) is 11.6. The number of nitrogens with zero attached hydrogens (tertiary/aromatic N) is 1. The molecule has 0 aliphatic heterocycles. The molecule has 2 aromatic carbocycles. The summed E-state index contributed by atoms with van der Waals surface area (Å²) in [5.41, 5.74) is 2.08. The lowest BCUT2D eigenvalue weighted by atomic mass is 10.2. The van der Waals surface area contributed by atoms with Crippen molar-refractivity contribution < 1.29 is 14.3 Å². The Morgan fingerprint density at radius 1 is 1.07 bits per heavy atom. The maximum Gasteiger partial charge on any atom is 0.258 e. The number of ether oxygens (including phenoxy) is 2. The summed E-state index contributed by atoms with van der Waals surface area (Å²) in [7, 11) is 0. The van der Waals surface area contributed by atoms with E-state index in [4.69, 9.17) is 9.47 Å². The Morgan fingerprint density at radius 3 is 2.36 bits per heavy atom. The summed E-state index contributed by atoms with van der Waals surface area (Å²) in [6, 6.07) is 17.2. The third kappa shape index (κ3) is 5.82. The maximum absolute atomic E-state index is 12.2. The Balaban J connectivity index is 1.45. The van der Waals surface area contributed by atoms with E-state index in [1.165, 1.54) is 0 Å². The minimum Gasteiger partial charge on any atom is -0.489 e. The highest BCUT2D eigenvalue weighted by Crippen LogP contribution is 2.21. The van der Waals surface area contributed by atoms with Crippen molar-refractivity contribution in [3.8, 4) is 11.5 Å². The largest absolute Gasteiger partial charge is 0.489 e. The maximum atomic E-state index is 12.2. The fourth-order valence-electron chi connectivity index (χ4n) is 2.63. The number of rotatable bonds is 9. The van der Waals surface area contributed by atoms with E-state index in [2.05, 4.69) is 10.3 Å². The van der Waals surface area contributed by atoms with Crippen LogP contribution >= 0.6 is 11.3 Å². The lowest BCUT2D eigenvalue weighted by Crippen LogP contribution is -2.32. The number of amides is 1. The van der Waals surface area contributed by atoms with Gasteiger partial charge in [0.1, 0.15) is 23.1 Å². The molecule has 1 amide bonds. The monoisotopic (exact) mass is 396 g/mol. The first-order valence-corrected chi connectivity index (χ1v) is 10.1. The molecule has 28 heavy (non-hydrogen) atoms. The van der Waals surface area contributed by atoms with Crippen LogP contribution in [0.3, 0.4) is 0 Å². The van der Waals surface area contributed by atoms with Gasteiger partial charge < -0.3 is 14.8 Å². The molecule has 0 saturated heterocycles. The predicted molar refractivity (Wildman–Crippen MR) is 111 cm³/mol. The second-order valence-corrected chi connectivity index (χ2v) is 7.28. The van der Waals surface area contributed by atoms with Crippen molar-refractivity contribution in [3.63, 3.8) is 0 Å². The minimum absolute atomic E-state index is 0.0366. The number of carbonyl (C=O) groups is 1. The van der Waals surface area contributed by atoms with Crippen molar-refractivity contribution in [1.82, 2.24) is 10.3 Å². The van der Waals surface area contributed by atoms with Crippen molar-refractivity contribution in [1.29, 1.82) is 0 Å². The molecule has 0 fully saturated rings. The molecule has 0 bridgehead atoms. The molecular weight excluding hydrogens is 372 g/mol. The van der Waals surface area contributed by atoms with Gasteiger partial charge in [-0.3, -0.25) is 4.79 Å². The smallest absolute Gasteiger partial charge is 0.258 e. The quantitative estimate of drug-likeness (QED) is 0.571. The molecule has 146 valence electrons. The molecule has 1 atom stereocenters. The zero-order valence-electron chi connectivity index (χ0n) is 16.1. The second kappa shape index (κ2) is 9.90. The van der Waals surface area contributed by atoms with Crippen LogP contribution in [0.1, 0.15) is 35.7 Å². The van der Waals surface area contributed by atoms with Gasteiger partial charge in [-0.05, 0) is 43.2 Å². The molecule has 0 spiro atoms. The van der Waals surface area contributed by atoms with E-state index in [0.29, 0.717) is 12.4 Å². The Labute approximate surface area is 169 Å². The summed E-state index contributed by atoms with van der Waals surface area (Å²) in [6.45, 7) is 4.45. The third-order valence-corrected chi connectivity index (χ3v) is 5.20. The van der Waals surface area contributed by atoms with Crippen LogP contribution in [-0.2, 0) is 11.4 Å². The van der Waals surface area contributed by atoms with Gasteiger partial charge in [0.25, 0.3) is 5.91 Å². The van der Waals surface area contributed by atoms with Gasteiger partial charge in [0.05, 0.1) is 6.04 Å². The molecule has 6 heteroatoms. The Kier molecular flexibility index (Phi) is 7.03. The van der Waals surface area contributed by atoms with Crippen molar-refractivity contribution in [2.45, 2.75) is 32.9 Å². The summed E-state index contributed by atoms with van der Waals surface area (Å²) < 4.78 is 11.3. The van der Waals surface area contributed by atoms with Gasteiger partial charge in [-0.15, -0.1) is 11.3 Å². The van der Waals surface area contributed by atoms with Gasteiger partial charge in [0, 0.05) is 11.1 Å². The highest BCUT2D eigenvalue weighted by atomic mass is 32.1. The van der Waals surface area contributed by atoms with Crippen LogP contribution in [0.2, 0.25) is 0 Å². The highest BCUT2D eigenvalue weighted by molar-refractivity contribution is 7.09. The lowest BCUT2D eigenvalue weighted by molar-refractivity contribution is -0.123. The molecule has 1 N–H and O–H groups in total. The number of aromatic nitrogens is 1. The number of hydrogen-bond donors (Lipinski definition) is 1. The van der Waals surface area contributed by atoms with Gasteiger partial charge >= 0.3 is 0 Å². The summed E-state index contributed by atoms with van der Waals surface area (Å²) in [5.74, 6) is 1.22. The summed E-state index contributed by atoms with van der Waals surface area (Å²) in [4.78, 5) is 16.7. The van der Waals surface area contributed by atoms with E-state index < -0.39 is 0 Å². The molecule has 3 rings (SSSR count). The van der Waals surface area contributed by atoms with Crippen LogP contribution in [0.4, 0.5) is 0 Å². The first kappa shape index (κ1) is 19.9. The number of aryl methyl sites for hydroxylation is 1. The molecule has 3 aromatic rings. The van der Waals surface area contributed by atoms with Crippen molar-refractivity contribution >= 4 is 17.2 Å². The first-order chi connectivity index (χ1) is 13.6. The molecule has 1 unspecified atom stereocenters. The summed E-state index contributed by atoms with van der Waals surface area (Å²) in [5, 5.41) is 5.89. The zero-order chi connectivity index (χ0) is 19.8. The molecule has 0 aliphatic rings. The number of nitrogens with one attached hydrogen (secondary N) is 1. The van der Waals surface area contributed by atoms with E-state index in [9.17, 15) is 4.79 Å². The Morgan fingerprint density at radius 2 is 1.75 bits per heavy atom. The van der Waals surface area contributed by atoms with Gasteiger partial charge in [-0.25, -0.2) is 4.98 Å². The number of carbonyl (C=O) groups excluding carboxylic acids is 1.